The Morgan fingerprint density at radius 1 is 1.09 bits per heavy atom. The predicted octanol–water partition coefficient (Wildman–Crippen LogP) is 4.09. The van der Waals surface area contributed by atoms with Gasteiger partial charge in [-0.05, 0) is 76.4 Å². The zero-order valence-corrected chi connectivity index (χ0v) is 21.5. The lowest BCUT2D eigenvalue weighted by molar-refractivity contribution is 0.0981. The minimum atomic E-state index is -4.22. The first-order valence-corrected chi connectivity index (χ1v) is 13.0. The Morgan fingerprint density at radius 2 is 1.77 bits per heavy atom. The van der Waals surface area contributed by atoms with E-state index in [0.717, 1.165) is 28.8 Å². The summed E-state index contributed by atoms with van der Waals surface area (Å²) < 4.78 is 27.9. The number of nitrogens with two attached hydrogens (primary N) is 1. The molecule has 1 aromatic carbocycles. The average molecular weight is 494 g/mol. The van der Waals surface area contributed by atoms with Crippen LogP contribution in [0.1, 0.15) is 48.7 Å². The summed E-state index contributed by atoms with van der Waals surface area (Å²) in [7, 11) is -4.22. The van der Waals surface area contributed by atoms with Crippen molar-refractivity contribution in [3.05, 3.63) is 65.2 Å². The van der Waals surface area contributed by atoms with Crippen LogP contribution in [0.4, 0.5) is 11.6 Å². The molecule has 0 radical (unpaired) electrons. The summed E-state index contributed by atoms with van der Waals surface area (Å²) in [5.41, 5.74) is 9.44. The van der Waals surface area contributed by atoms with Crippen molar-refractivity contribution in [1.82, 2.24) is 14.7 Å². The summed E-state index contributed by atoms with van der Waals surface area (Å²) in [6, 6.07) is 13.8. The fourth-order valence-electron chi connectivity index (χ4n) is 4.53. The number of carbonyl (C=O) groups is 1. The third kappa shape index (κ3) is 4.86. The van der Waals surface area contributed by atoms with Crippen molar-refractivity contribution < 1.29 is 13.2 Å². The highest BCUT2D eigenvalue weighted by Gasteiger charge is 2.41. The number of hydrogen-bond acceptors (Lipinski definition) is 7. The Hall–Kier alpha value is -3.46. The zero-order valence-electron chi connectivity index (χ0n) is 20.7. The van der Waals surface area contributed by atoms with E-state index >= 15 is 0 Å². The van der Waals surface area contributed by atoms with Gasteiger partial charge in [0.2, 0.25) is 0 Å². The lowest BCUT2D eigenvalue weighted by Crippen LogP contribution is -2.43. The lowest BCUT2D eigenvalue weighted by atomic mass is 9.90. The van der Waals surface area contributed by atoms with Crippen LogP contribution in [-0.4, -0.2) is 36.4 Å². The molecule has 9 heteroatoms. The molecular weight excluding hydrogens is 462 g/mol. The Kier molecular flexibility index (Phi) is 6.31. The van der Waals surface area contributed by atoms with E-state index in [0.29, 0.717) is 18.3 Å². The van der Waals surface area contributed by atoms with Crippen LogP contribution < -0.4 is 15.4 Å². The summed E-state index contributed by atoms with van der Waals surface area (Å²) in [5.74, 6) is 0.113. The van der Waals surface area contributed by atoms with Crippen molar-refractivity contribution in [2.45, 2.75) is 51.6 Å². The van der Waals surface area contributed by atoms with Crippen molar-refractivity contribution in [3.8, 4) is 11.3 Å². The molecule has 1 amide bonds. The number of hydrogen-bond donors (Lipinski definition) is 2. The molecule has 3 aromatic rings. The second kappa shape index (κ2) is 8.96. The van der Waals surface area contributed by atoms with Crippen molar-refractivity contribution in [1.29, 1.82) is 0 Å². The van der Waals surface area contributed by atoms with Crippen LogP contribution in [0.25, 0.3) is 11.3 Å². The number of carbonyl (C=O) groups excluding carboxylic acids is 1. The first-order valence-electron chi connectivity index (χ1n) is 11.6. The van der Waals surface area contributed by atoms with Crippen LogP contribution in [0.2, 0.25) is 0 Å². The highest BCUT2D eigenvalue weighted by Crippen LogP contribution is 2.39. The molecule has 2 aromatic heterocycles. The van der Waals surface area contributed by atoms with E-state index in [4.69, 9.17) is 10.7 Å². The van der Waals surface area contributed by atoms with Gasteiger partial charge in [-0.15, -0.1) is 0 Å². The fraction of sp³-hybridized carbons (Fsp3) is 0.346. The number of pyridine rings is 2. The number of amides is 1. The van der Waals surface area contributed by atoms with Crippen LogP contribution in [0, 0.1) is 19.8 Å². The number of aryl methyl sites for hydroxylation is 2. The number of rotatable bonds is 5. The molecule has 1 unspecified atom stereocenters. The number of anilines is 2. The molecule has 0 aliphatic carbocycles. The van der Waals surface area contributed by atoms with Crippen molar-refractivity contribution in [2.24, 2.45) is 5.92 Å². The van der Waals surface area contributed by atoms with Crippen LogP contribution in [0.15, 0.2) is 53.6 Å². The molecule has 35 heavy (non-hydrogen) atoms. The van der Waals surface area contributed by atoms with E-state index in [-0.39, 0.29) is 21.9 Å². The van der Waals surface area contributed by atoms with Crippen molar-refractivity contribution in [3.63, 3.8) is 0 Å². The summed E-state index contributed by atoms with van der Waals surface area (Å²) in [6.45, 7) is 11.2. The van der Waals surface area contributed by atoms with E-state index in [9.17, 15) is 13.2 Å². The molecule has 4 rings (SSSR count). The number of nitrogens with zero attached hydrogens (tertiary/aromatic N) is 3. The predicted molar refractivity (Wildman–Crippen MR) is 138 cm³/mol. The normalized spacial score (nSPS) is 17.4. The number of aromatic nitrogens is 2. The monoisotopic (exact) mass is 493 g/mol. The highest BCUT2D eigenvalue weighted by atomic mass is 32.2. The molecule has 1 aliphatic rings. The number of nitrogens with one attached hydrogen (secondary N) is 1. The Balaban J connectivity index is 1.79. The smallest absolute Gasteiger partial charge is 0.281 e. The molecule has 0 spiro atoms. The Labute approximate surface area is 206 Å². The van der Waals surface area contributed by atoms with Crippen molar-refractivity contribution in [2.75, 3.05) is 17.2 Å². The maximum Gasteiger partial charge on any atom is 0.281 e. The van der Waals surface area contributed by atoms with Gasteiger partial charge in [-0.25, -0.2) is 14.7 Å². The van der Waals surface area contributed by atoms with Crippen LogP contribution >= 0.6 is 0 Å². The van der Waals surface area contributed by atoms with Crippen LogP contribution in [0.5, 0.6) is 0 Å². The molecule has 1 saturated heterocycles. The van der Waals surface area contributed by atoms with E-state index in [1.165, 1.54) is 18.2 Å². The van der Waals surface area contributed by atoms with Gasteiger partial charge in [-0.1, -0.05) is 30.2 Å². The van der Waals surface area contributed by atoms with E-state index in [1.807, 2.05) is 26.0 Å². The minimum Gasteiger partial charge on any atom is -0.384 e. The summed E-state index contributed by atoms with van der Waals surface area (Å²) in [4.78, 5) is 24.2. The fourth-order valence-corrected chi connectivity index (χ4v) is 5.48. The van der Waals surface area contributed by atoms with Gasteiger partial charge in [0.1, 0.15) is 11.6 Å². The van der Waals surface area contributed by atoms with Gasteiger partial charge in [0.05, 0.1) is 11.3 Å². The summed E-state index contributed by atoms with van der Waals surface area (Å²) in [5, 5.41) is -0.317. The maximum atomic E-state index is 13.3. The van der Waals surface area contributed by atoms with Crippen LogP contribution in [-0.2, 0) is 10.0 Å². The van der Waals surface area contributed by atoms with Gasteiger partial charge in [-0.3, -0.25) is 4.79 Å². The molecule has 0 bridgehead atoms. The van der Waals surface area contributed by atoms with E-state index in [2.05, 4.69) is 41.4 Å². The standard InChI is InChI=1S/C26H31N5O3S/c1-16-13-17(2)15-19(14-16)21-10-9-20(24(28-21)31-12-11-18(3)26(31,4)5)25(32)30-35(33,34)23-8-6-7-22(27)29-23/h6-10,13-15,18H,11-12H2,1-5H3,(H2,27,29)(H,30,32). The van der Waals surface area contributed by atoms with Crippen LogP contribution in [0.3, 0.4) is 0 Å². The molecule has 3 heterocycles. The second-order valence-corrected chi connectivity index (χ2v) is 11.4. The van der Waals surface area contributed by atoms with Gasteiger partial charge >= 0.3 is 0 Å². The maximum absolute atomic E-state index is 13.3. The Morgan fingerprint density at radius 3 is 2.37 bits per heavy atom. The average Bonchev–Trinajstić information content (AvgIpc) is 3.04. The largest absolute Gasteiger partial charge is 0.384 e. The molecule has 3 N–H and O–H groups in total. The summed E-state index contributed by atoms with van der Waals surface area (Å²) in [6.07, 6.45) is 0.940. The third-order valence-electron chi connectivity index (χ3n) is 6.83. The minimum absolute atomic E-state index is 0.0493. The number of sulfonamides is 1. The second-order valence-electron chi connectivity index (χ2n) is 9.77. The molecule has 184 valence electrons. The molecule has 0 saturated carbocycles. The molecular formula is C26H31N5O3S. The lowest BCUT2D eigenvalue weighted by Gasteiger charge is -2.36. The first-order chi connectivity index (χ1) is 16.4. The van der Waals surface area contributed by atoms with E-state index in [1.54, 1.807) is 12.1 Å². The third-order valence-corrected chi connectivity index (χ3v) is 8.06. The molecule has 8 nitrogen and oxygen atoms in total. The topological polar surface area (TPSA) is 118 Å². The quantitative estimate of drug-likeness (QED) is 0.550. The van der Waals surface area contributed by atoms with Gasteiger partial charge in [0, 0.05) is 17.6 Å². The number of nitrogen functional groups attached to an aromatic ring is 1. The number of benzene rings is 1. The van der Waals surface area contributed by atoms with Gasteiger partial charge in [-0.2, -0.15) is 8.42 Å². The Bertz CT molecular complexity index is 1380. The molecule has 1 fully saturated rings. The van der Waals surface area contributed by atoms with Gasteiger partial charge in [0.25, 0.3) is 15.9 Å². The van der Waals surface area contributed by atoms with Crippen molar-refractivity contribution >= 4 is 27.6 Å². The molecule has 1 aliphatic heterocycles. The zero-order chi connectivity index (χ0) is 25.5. The highest BCUT2D eigenvalue weighted by molar-refractivity contribution is 7.90. The van der Waals surface area contributed by atoms with Gasteiger partial charge < -0.3 is 10.6 Å². The first kappa shape index (κ1) is 24.7. The summed E-state index contributed by atoms with van der Waals surface area (Å²) >= 11 is 0. The van der Waals surface area contributed by atoms with Gasteiger partial charge in [0.15, 0.2) is 5.03 Å². The molecule has 1 atom stereocenters. The van der Waals surface area contributed by atoms with E-state index < -0.39 is 15.9 Å². The SMILES string of the molecule is Cc1cc(C)cc(-c2ccc(C(=O)NS(=O)(=O)c3cccc(N)n3)c(N3CCC(C)C3(C)C)n2)c1.